The molecule has 3 rings (SSSR count). The zero-order valence-electron chi connectivity index (χ0n) is 15.0. The fourth-order valence-corrected chi connectivity index (χ4v) is 3.42. The van der Waals surface area contributed by atoms with Gasteiger partial charge in [-0.2, -0.15) is 0 Å². The highest BCUT2D eigenvalue weighted by Crippen LogP contribution is 2.24. The highest BCUT2D eigenvalue weighted by molar-refractivity contribution is 5.54. The minimum absolute atomic E-state index is 0.261. The van der Waals surface area contributed by atoms with E-state index >= 15 is 0 Å². The van der Waals surface area contributed by atoms with Gasteiger partial charge in [0.25, 0.3) is 0 Å². The van der Waals surface area contributed by atoms with E-state index < -0.39 is 0 Å². The van der Waals surface area contributed by atoms with Gasteiger partial charge in [0.1, 0.15) is 5.76 Å². The zero-order chi connectivity index (χ0) is 17.1. The van der Waals surface area contributed by atoms with E-state index in [0.717, 1.165) is 43.2 Å². The van der Waals surface area contributed by atoms with Crippen molar-refractivity contribution in [3.8, 4) is 0 Å². The summed E-state index contributed by atoms with van der Waals surface area (Å²) in [5.41, 5.74) is 4.72. The molecule has 1 aliphatic heterocycles. The summed E-state index contributed by atoms with van der Waals surface area (Å²) in [5, 5.41) is 7.54. The topological polar surface area (TPSA) is 50.5 Å². The van der Waals surface area contributed by atoms with E-state index in [0.29, 0.717) is 0 Å². The summed E-state index contributed by atoms with van der Waals surface area (Å²) >= 11 is 0. The second kappa shape index (κ2) is 7.36. The monoisotopic (exact) mass is 329 g/mol. The Balaban J connectivity index is 1.68. The summed E-state index contributed by atoms with van der Waals surface area (Å²) in [4.78, 5) is 2.44. The fourth-order valence-electron chi connectivity index (χ4n) is 3.42. The molecule has 1 N–H and O–H groups in total. The molecule has 1 fully saturated rings. The Kier molecular flexibility index (Phi) is 5.21. The Morgan fingerprint density at radius 2 is 1.83 bits per heavy atom. The van der Waals surface area contributed by atoms with E-state index in [4.69, 9.17) is 9.26 Å². The third-order valence-electron chi connectivity index (χ3n) is 4.55. The minimum atomic E-state index is 0.261. The third kappa shape index (κ3) is 3.79. The highest BCUT2D eigenvalue weighted by Gasteiger charge is 2.23. The average molecular weight is 329 g/mol. The molecule has 5 nitrogen and oxygen atoms in total. The zero-order valence-corrected chi connectivity index (χ0v) is 15.0. The lowest BCUT2D eigenvalue weighted by molar-refractivity contribution is -0.00526. The molecule has 0 radical (unpaired) electrons. The number of hydrogen-bond donors (Lipinski definition) is 1. The number of aromatic nitrogens is 1. The number of anilines is 1. The van der Waals surface area contributed by atoms with Crippen molar-refractivity contribution in [2.45, 2.75) is 53.0 Å². The smallest absolute Gasteiger partial charge is 0.138 e. The van der Waals surface area contributed by atoms with E-state index in [1.165, 1.54) is 11.3 Å². The first-order valence-electron chi connectivity index (χ1n) is 8.65. The molecular weight excluding hydrogens is 302 g/mol. The lowest BCUT2D eigenvalue weighted by Crippen LogP contribution is -2.46. The molecule has 24 heavy (non-hydrogen) atoms. The van der Waals surface area contributed by atoms with Crippen LogP contribution in [0.1, 0.15) is 36.4 Å². The minimum Gasteiger partial charge on any atom is -0.372 e. The fraction of sp³-hybridized carbons (Fsp3) is 0.526. The van der Waals surface area contributed by atoms with Crippen molar-refractivity contribution in [1.82, 2.24) is 10.5 Å². The summed E-state index contributed by atoms with van der Waals surface area (Å²) in [6.07, 6.45) is 0.522. The van der Waals surface area contributed by atoms with Gasteiger partial charge in [0.2, 0.25) is 0 Å². The highest BCUT2D eigenvalue weighted by atomic mass is 16.5. The second-order valence-electron chi connectivity index (χ2n) is 6.70. The van der Waals surface area contributed by atoms with Crippen LogP contribution in [0.3, 0.4) is 0 Å². The first kappa shape index (κ1) is 17.0. The number of rotatable bonds is 5. The van der Waals surface area contributed by atoms with Crippen LogP contribution in [0.4, 0.5) is 5.69 Å². The van der Waals surface area contributed by atoms with Gasteiger partial charge >= 0.3 is 0 Å². The van der Waals surface area contributed by atoms with Crippen LogP contribution in [0.2, 0.25) is 0 Å². The van der Waals surface area contributed by atoms with E-state index in [1.54, 1.807) is 0 Å². The molecule has 2 atom stereocenters. The number of para-hydroxylation sites is 1. The summed E-state index contributed by atoms with van der Waals surface area (Å²) in [6.45, 7) is 11.7. The van der Waals surface area contributed by atoms with Crippen LogP contribution in [0.5, 0.6) is 0 Å². The van der Waals surface area contributed by atoms with Crippen molar-refractivity contribution >= 4 is 5.69 Å². The molecule has 0 amide bonds. The Hall–Kier alpha value is -1.85. The van der Waals surface area contributed by atoms with Gasteiger partial charge in [-0.05, 0) is 39.3 Å². The molecule has 130 valence electrons. The van der Waals surface area contributed by atoms with Gasteiger partial charge < -0.3 is 19.5 Å². The molecule has 2 unspecified atom stereocenters. The molecule has 0 spiro atoms. The molecule has 1 aromatic heterocycles. The van der Waals surface area contributed by atoms with Crippen molar-refractivity contribution in [3.63, 3.8) is 0 Å². The van der Waals surface area contributed by atoms with Gasteiger partial charge in [-0.1, -0.05) is 23.4 Å². The van der Waals surface area contributed by atoms with E-state index in [-0.39, 0.29) is 12.2 Å². The second-order valence-corrected chi connectivity index (χ2v) is 6.70. The number of aryl methyl sites for hydroxylation is 2. The predicted octanol–water partition coefficient (Wildman–Crippen LogP) is 3.19. The Morgan fingerprint density at radius 3 is 2.50 bits per heavy atom. The van der Waals surface area contributed by atoms with Crippen LogP contribution in [-0.4, -0.2) is 30.5 Å². The number of nitrogens with zero attached hydrogens (tertiary/aromatic N) is 2. The van der Waals surface area contributed by atoms with Gasteiger partial charge in [-0.3, -0.25) is 0 Å². The Bertz CT molecular complexity index is 654. The van der Waals surface area contributed by atoms with Gasteiger partial charge in [0.05, 0.1) is 17.9 Å². The SMILES string of the molecule is Cc1noc(C)c1CNCc1ccccc1N1CC(C)OC(C)C1. The summed E-state index contributed by atoms with van der Waals surface area (Å²) in [5.74, 6) is 0.893. The maximum Gasteiger partial charge on any atom is 0.138 e. The maximum absolute atomic E-state index is 5.86. The van der Waals surface area contributed by atoms with Crippen LogP contribution >= 0.6 is 0 Å². The molecule has 0 aliphatic carbocycles. The van der Waals surface area contributed by atoms with Gasteiger partial charge in [-0.15, -0.1) is 0 Å². The van der Waals surface area contributed by atoms with Crippen molar-refractivity contribution in [3.05, 3.63) is 46.8 Å². The normalized spacial score (nSPS) is 21.2. The molecule has 1 aliphatic rings. The van der Waals surface area contributed by atoms with Crippen LogP contribution in [0.15, 0.2) is 28.8 Å². The van der Waals surface area contributed by atoms with Crippen molar-refractivity contribution in [2.75, 3.05) is 18.0 Å². The predicted molar refractivity (Wildman–Crippen MR) is 95.2 cm³/mol. The molecule has 1 saturated heterocycles. The first-order chi connectivity index (χ1) is 11.5. The summed E-state index contributed by atoms with van der Waals surface area (Å²) in [7, 11) is 0. The van der Waals surface area contributed by atoms with E-state index in [1.807, 2.05) is 13.8 Å². The Morgan fingerprint density at radius 1 is 1.12 bits per heavy atom. The quantitative estimate of drug-likeness (QED) is 0.913. The largest absolute Gasteiger partial charge is 0.372 e. The Labute approximate surface area is 144 Å². The van der Waals surface area contributed by atoms with Crippen molar-refractivity contribution < 1.29 is 9.26 Å². The molecule has 2 heterocycles. The van der Waals surface area contributed by atoms with Gasteiger partial charge in [0.15, 0.2) is 0 Å². The molecule has 5 heteroatoms. The van der Waals surface area contributed by atoms with Crippen LogP contribution < -0.4 is 10.2 Å². The van der Waals surface area contributed by atoms with E-state index in [2.05, 4.69) is 53.5 Å². The molecule has 2 aromatic rings. The number of nitrogens with one attached hydrogen (secondary N) is 1. The number of hydrogen-bond acceptors (Lipinski definition) is 5. The number of ether oxygens (including phenoxy) is 1. The summed E-state index contributed by atoms with van der Waals surface area (Å²) in [6, 6.07) is 8.61. The van der Waals surface area contributed by atoms with Crippen LogP contribution in [0, 0.1) is 13.8 Å². The van der Waals surface area contributed by atoms with E-state index in [9.17, 15) is 0 Å². The lowest BCUT2D eigenvalue weighted by atomic mass is 10.1. The number of morpholine rings is 1. The molecule has 0 saturated carbocycles. The van der Waals surface area contributed by atoms with Gasteiger partial charge in [0, 0.05) is 37.4 Å². The lowest BCUT2D eigenvalue weighted by Gasteiger charge is -2.37. The van der Waals surface area contributed by atoms with Gasteiger partial charge in [-0.25, -0.2) is 0 Å². The summed E-state index contributed by atoms with van der Waals surface area (Å²) < 4.78 is 11.1. The van der Waals surface area contributed by atoms with Crippen molar-refractivity contribution in [2.24, 2.45) is 0 Å². The third-order valence-corrected chi connectivity index (χ3v) is 4.55. The standard InChI is InChI=1S/C19H27N3O2/c1-13-11-22(12-14(2)23-13)19-8-6-5-7-17(19)9-20-10-18-15(3)21-24-16(18)4/h5-8,13-14,20H,9-12H2,1-4H3. The average Bonchev–Trinajstić information content (AvgIpc) is 2.86. The van der Waals surface area contributed by atoms with Crippen LogP contribution in [-0.2, 0) is 17.8 Å². The first-order valence-corrected chi connectivity index (χ1v) is 8.65. The molecular formula is C19H27N3O2. The van der Waals surface area contributed by atoms with Crippen molar-refractivity contribution in [1.29, 1.82) is 0 Å². The molecule has 0 bridgehead atoms. The number of benzene rings is 1. The molecule has 1 aromatic carbocycles. The van der Waals surface area contributed by atoms with Crippen LogP contribution in [0.25, 0.3) is 0 Å². The maximum atomic E-state index is 5.86.